The molecule has 0 spiro atoms. The van der Waals surface area contributed by atoms with Gasteiger partial charge in [0.05, 0.1) is 13.2 Å². The number of ether oxygens (including phenoxy) is 1. The van der Waals surface area contributed by atoms with Crippen LogP contribution in [0.2, 0.25) is 0 Å². The van der Waals surface area contributed by atoms with Crippen LogP contribution in [0.15, 0.2) is 48.7 Å². The molecule has 0 atom stereocenters. The standard InChI is InChI=1S/C17H16N2O3/c20-12-15-8-10-18-16(11-15)7-4-9-19-17(21)22-13-14-5-2-1-3-6-14/h1-3,5-6,8,10-11,20H,9,12-13H2,(H,19,21). The summed E-state index contributed by atoms with van der Waals surface area (Å²) in [7, 11) is 0. The van der Waals surface area contributed by atoms with Gasteiger partial charge in [0.25, 0.3) is 0 Å². The molecule has 0 aliphatic heterocycles. The third-order valence-electron chi connectivity index (χ3n) is 2.76. The lowest BCUT2D eigenvalue weighted by atomic mass is 10.2. The summed E-state index contributed by atoms with van der Waals surface area (Å²) >= 11 is 0. The zero-order chi connectivity index (χ0) is 15.6. The van der Waals surface area contributed by atoms with Crippen LogP contribution < -0.4 is 5.32 Å². The molecule has 5 heteroatoms. The molecule has 2 N–H and O–H groups in total. The molecule has 112 valence electrons. The van der Waals surface area contributed by atoms with E-state index in [1.165, 1.54) is 0 Å². The van der Waals surface area contributed by atoms with Gasteiger partial charge in [-0.1, -0.05) is 36.3 Å². The van der Waals surface area contributed by atoms with Gasteiger partial charge in [-0.15, -0.1) is 0 Å². The monoisotopic (exact) mass is 296 g/mol. The molecule has 0 unspecified atom stereocenters. The lowest BCUT2D eigenvalue weighted by Gasteiger charge is -2.04. The number of nitrogens with zero attached hydrogens (tertiary/aromatic N) is 1. The molecule has 0 aliphatic rings. The highest BCUT2D eigenvalue weighted by Crippen LogP contribution is 2.01. The molecule has 22 heavy (non-hydrogen) atoms. The summed E-state index contributed by atoms with van der Waals surface area (Å²) in [6.07, 6.45) is 1.06. The van der Waals surface area contributed by atoms with Gasteiger partial charge in [0, 0.05) is 6.20 Å². The Morgan fingerprint density at radius 1 is 1.23 bits per heavy atom. The van der Waals surface area contributed by atoms with Gasteiger partial charge in [-0.25, -0.2) is 9.78 Å². The van der Waals surface area contributed by atoms with E-state index < -0.39 is 6.09 Å². The average Bonchev–Trinajstić information content (AvgIpc) is 2.58. The van der Waals surface area contributed by atoms with Crippen molar-refractivity contribution < 1.29 is 14.6 Å². The normalized spacial score (nSPS) is 9.50. The highest BCUT2D eigenvalue weighted by molar-refractivity contribution is 5.67. The van der Waals surface area contributed by atoms with E-state index in [-0.39, 0.29) is 19.8 Å². The quantitative estimate of drug-likeness (QED) is 0.845. The minimum atomic E-state index is -0.518. The molecule has 0 radical (unpaired) electrons. The smallest absolute Gasteiger partial charge is 0.408 e. The van der Waals surface area contributed by atoms with E-state index in [9.17, 15) is 4.79 Å². The van der Waals surface area contributed by atoms with Crippen LogP contribution in [-0.4, -0.2) is 22.7 Å². The molecule has 1 heterocycles. The maximum absolute atomic E-state index is 11.5. The third kappa shape index (κ3) is 5.27. The van der Waals surface area contributed by atoms with Gasteiger partial charge in [0.15, 0.2) is 0 Å². The first-order chi connectivity index (χ1) is 10.8. The Hall–Kier alpha value is -2.84. The van der Waals surface area contributed by atoms with E-state index >= 15 is 0 Å². The number of rotatable bonds is 4. The summed E-state index contributed by atoms with van der Waals surface area (Å²) < 4.78 is 5.05. The van der Waals surface area contributed by atoms with Crippen molar-refractivity contribution in [3.05, 3.63) is 65.5 Å². The largest absolute Gasteiger partial charge is 0.445 e. The Morgan fingerprint density at radius 2 is 2.05 bits per heavy atom. The first kappa shape index (κ1) is 15.5. The van der Waals surface area contributed by atoms with Gasteiger partial charge in [0.1, 0.15) is 12.3 Å². The van der Waals surface area contributed by atoms with Crippen molar-refractivity contribution in [2.45, 2.75) is 13.2 Å². The van der Waals surface area contributed by atoms with E-state index in [4.69, 9.17) is 9.84 Å². The van der Waals surface area contributed by atoms with Crippen LogP contribution in [0, 0.1) is 11.8 Å². The summed E-state index contributed by atoms with van der Waals surface area (Å²) in [5, 5.41) is 11.5. The zero-order valence-corrected chi connectivity index (χ0v) is 12.0. The lowest BCUT2D eigenvalue weighted by Crippen LogP contribution is -2.24. The number of carbonyl (C=O) groups is 1. The van der Waals surface area contributed by atoms with Gasteiger partial charge < -0.3 is 15.2 Å². The van der Waals surface area contributed by atoms with E-state index in [1.807, 2.05) is 30.3 Å². The molecular weight excluding hydrogens is 280 g/mol. The Morgan fingerprint density at radius 3 is 2.82 bits per heavy atom. The minimum Gasteiger partial charge on any atom is -0.445 e. The minimum absolute atomic E-state index is 0.0543. The molecule has 1 aromatic carbocycles. The second-order valence-corrected chi connectivity index (χ2v) is 4.42. The van der Waals surface area contributed by atoms with Crippen LogP contribution >= 0.6 is 0 Å². The second-order valence-electron chi connectivity index (χ2n) is 4.42. The van der Waals surface area contributed by atoms with Gasteiger partial charge in [-0.3, -0.25) is 0 Å². The maximum atomic E-state index is 11.5. The molecule has 0 bridgehead atoms. The molecule has 0 aliphatic carbocycles. The molecule has 2 rings (SSSR count). The third-order valence-corrected chi connectivity index (χ3v) is 2.76. The van der Waals surface area contributed by atoms with E-state index in [1.54, 1.807) is 18.3 Å². The summed E-state index contributed by atoms with van der Waals surface area (Å²) in [5.74, 6) is 5.58. The fourth-order valence-corrected chi connectivity index (χ4v) is 1.67. The first-order valence-corrected chi connectivity index (χ1v) is 6.77. The van der Waals surface area contributed by atoms with E-state index in [2.05, 4.69) is 22.1 Å². The number of pyridine rings is 1. The molecule has 2 aromatic rings. The van der Waals surface area contributed by atoms with Crippen molar-refractivity contribution in [1.82, 2.24) is 10.3 Å². The van der Waals surface area contributed by atoms with Crippen LogP contribution in [0.25, 0.3) is 0 Å². The predicted octanol–water partition coefficient (Wildman–Crippen LogP) is 1.85. The SMILES string of the molecule is O=C(NCC#Cc1cc(CO)ccn1)OCc1ccccc1. The van der Waals surface area contributed by atoms with Crippen LogP contribution in [0.4, 0.5) is 4.79 Å². The number of aliphatic hydroxyl groups is 1. The number of carbonyl (C=O) groups excluding carboxylic acids is 1. The molecule has 0 saturated heterocycles. The highest BCUT2D eigenvalue weighted by atomic mass is 16.5. The topological polar surface area (TPSA) is 71.5 Å². The van der Waals surface area contributed by atoms with Crippen molar-refractivity contribution in [3.8, 4) is 11.8 Å². The predicted molar refractivity (Wildman–Crippen MR) is 81.7 cm³/mol. The van der Waals surface area contributed by atoms with Crippen LogP contribution in [-0.2, 0) is 18.0 Å². The number of alkyl carbamates (subject to hydrolysis) is 1. The Balaban J connectivity index is 1.74. The first-order valence-electron chi connectivity index (χ1n) is 6.77. The maximum Gasteiger partial charge on any atom is 0.408 e. The zero-order valence-electron chi connectivity index (χ0n) is 12.0. The highest BCUT2D eigenvalue weighted by Gasteiger charge is 2.00. The number of amides is 1. The van der Waals surface area contributed by atoms with Gasteiger partial charge in [-0.2, -0.15) is 0 Å². The molecule has 0 saturated carbocycles. The number of hydrogen-bond donors (Lipinski definition) is 2. The van der Waals surface area contributed by atoms with Crippen molar-refractivity contribution in [2.75, 3.05) is 6.54 Å². The van der Waals surface area contributed by atoms with Gasteiger partial charge in [0.2, 0.25) is 0 Å². The van der Waals surface area contributed by atoms with Crippen molar-refractivity contribution >= 4 is 6.09 Å². The summed E-state index contributed by atoms with van der Waals surface area (Å²) in [6.45, 7) is 0.333. The van der Waals surface area contributed by atoms with E-state index in [0.29, 0.717) is 5.69 Å². The van der Waals surface area contributed by atoms with Crippen LogP contribution in [0.1, 0.15) is 16.8 Å². The molecule has 0 fully saturated rings. The molecule has 5 nitrogen and oxygen atoms in total. The molecule has 1 amide bonds. The van der Waals surface area contributed by atoms with Gasteiger partial charge >= 0.3 is 6.09 Å². The number of aromatic nitrogens is 1. The number of nitrogens with one attached hydrogen (secondary N) is 1. The number of aliphatic hydroxyl groups excluding tert-OH is 1. The Bertz CT molecular complexity index is 675. The van der Waals surface area contributed by atoms with Crippen LogP contribution in [0.5, 0.6) is 0 Å². The van der Waals surface area contributed by atoms with Crippen LogP contribution in [0.3, 0.4) is 0 Å². The fraction of sp³-hybridized carbons (Fsp3) is 0.176. The average molecular weight is 296 g/mol. The van der Waals surface area contributed by atoms with Crippen molar-refractivity contribution in [2.24, 2.45) is 0 Å². The Labute approximate surface area is 129 Å². The second kappa shape index (κ2) is 8.45. The molecule has 1 aromatic heterocycles. The van der Waals surface area contributed by atoms with Crippen molar-refractivity contribution in [3.63, 3.8) is 0 Å². The summed E-state index contributed by atoms with van der Waals surface area (Å²) in [6, 6.07) is 12.8. The number of benzene rings is 1. The van der Waals surface area contributed by atoms with E-state index in [0.717, 1.165) is 11.1 Å². The van der Waals surface area contributed by atoms with Gasteiger partial charge in [-0.05, 0) is 29.2 Å². The molecular formula is C17H16N2O3. The Kier molecular flexibility index (Phi) is 5.97. The lowest BCUT2D eigenvalue weighted by molar-refractivity contribution is 0.141. The summed E-state index contributed by atoms with van der Waals surface area (Å²) in [4.78, 5) is 15.5. The van der Waals surface area contributed by atoms with Crippen molar-refractivity contribution in [1.29, 1.82) is 0 Å². The summed E-state index contributed by atoms with van der Waals surface area (Å²) in [5.41, 5.74) is 2.22. The number of hydrogen-bond acceptors (Lipinski definition) is 4. The fourth-order valence-electron chi connectivity index (χ4n) is 1.67.